The summed E-state index contributed by atoms with van der Waals surface area (Å²) in [5.41, 5.74) is 4.26. The average Bonchev–Trinajstić information content (AvgIpc) is 3.58. The minimum Gasteiger partial charge on any atom is -0.386 e. The van der Waals surface area contributed by atoms with Crippen LogP contribution in [-0.2, 0) is 50.7 Å². The molecule has 0 bridgehead atoms. The number of rotatable bonds is 20. The molecule has 52 heavy (non-hydrogen) atoms. The van der Waals surface area contributed by atoms with Gasteiger partial charge in [-0.3, -0.25) is 32.5 Å². The second-order valence-corrected chi connectivity index (χ2v) is 16.7. The zero-order chi connectivity index (χ0) is 39.2. The number of nitrogens with one attached hydrogen (secondary N) is 2. The summed E-state index contributed by atoms with van der Waals surface area (Å²) >= 11 is 0. The van der Waals surface area contributed by atoms with Gasteiger partial charge in [-0.2, -0.15) is 4.31 Å². The van der Waals surface area contributed by atoms with Gasteiger partial charge in [0, 0.05) is 37.3 Å². The summed E-state index contributed by atoms with van der Waals surface area (Å²) in [6.07, 6.45) is -6.77. The number of aliphatic hydroxyl groups excluding tert-OH is 2. The Hall–Kier alpha value is -2.79. The molecule has 0 aliphatic carbocycles. The number of hydrogen-bond acceptors (Lipinski definition) is 17. The number of carbonyl (C=O) groups excluding carboxylic acids is 3. The lowest BCUT2D eigenvalue weighted by atomic mass is 9.87. The van der Waals surface area contributed by atoms with Crippen LogP contribution in [0.25, 0.3) is 11.2 Å². The molecular weight excluding hydrogens is 763 g/mol. The van der Waals surface area contributed by atoms with Crippen molar-refractivity contribution in [2.45, 2.75) is 71.2 Å². The van der Waals surface area contributed by atoms with E-state index in [2.05, 4.69) is 34.4 Å². The molecule has 3 rings (SSSR count). The van der Waals surface area contributed by atoms with E-state index in [-0.39, 0.29) is 54.6 Å². The Labute approximate surface area is 295 Å². The molecule has 1 aliphatic rings. The molecule has 24 nitrogen and oxygen atoms in total. The van der Waals surface area contributed by atoms with E-state index in [9.17, 15) is 57.9 Å². The summed E-state index contributed by atoms with van der Waals surface area (Å²) in [5.74, 6) is -1.70. The molecule has 7 unspecified atom stereocenters. The summed E-state index contributed by atoms with van der Waals surface area (Å²) in [6, 6.07) is 0. The number of ketones is 1. The number of aliphatic hydroxyl groups is 2. The third-order valence-electron chi connectivity index (χ3n) is 7.42. The number of imidazole rings is 1. The van der Waals surface area contributed by atoms with Gasteiger partial charge in [-0.15, -0.1) is 0 Å². The number of ether oxygens (including phenoxy) is 1. The Morgan fingerprint density at radius 1 is 1.02 bits per heavy atom. The molecule has 0 aromatic carbocycles. The van der Waals surface area contributed by atoms with Gasteiger partial charge in [0.25, 0.3) is 0 Å². The van der Waals surface area contributed by atoms with E-state index in [1.165, 1.54) is 13.8 Å². The quantitative estimate of drug-likeness (QED) is 0.0726. The van der Waals surface area contributed by atoms with Crippen LogP contribution in [0, 0.1) is 11.3 Å². The molecule has 1 saturated heterocycles. The molecule has 3 heterocycles. The first-order chi connectivity index (χ1) is 23.9. The van der Waals surface area contributed by atoms with E-state index in [1.807, 2.05) is 0 Å². The van der Waals surface area contributed by atoms with Crippen LogP contribution in [0.15, 0.2) is 12.7 Å². The number of hydrogen-bond donors (Lipinski definition) is 9. The first kappa shape index (κ1) is 43.6. The number of fused-ring (bicyclic) bond motifs is 1. The van der Waals surface area contributed by atoms with E-state index < -0.39 is 84.6 Å². The fraction of sp³-hybridized carbons (Fsp3) is 0.680. The second kappa shape index (κ2) is 17.6. The van der Waals surface area contributed by atoms with Gasteiger partial charge in [0.15, 0.2) is 17.7 Å². The number of phosphoric ester groups is 3. The fourth-order valence-electron chi connectivity index (χ4n) is 4.55. The smallest absolute Gasteiger partial charge is 0.386 e. The number of anilines is 1. The molecule has 294 valence electrons. The number of nitrogens with zero attached hydrogens (tertiary/aromatic N) is 4. The zero-order valence-corrected chi connectivity index (χ0v) is 30.9. The third-order valence-corrected chi connectivity index (χ3v) is 10.5. The van der Waals surface area contributed by atoms with Gasteiger partial charge in [0.05, 0.1) is 19.5 Å². The van der Waals surface area contributed by atoms with Crippen LogP contribution in [0.2, 0.25) is 0 Å². The highest BCUT2D eigenvalue weighted by molar-refractivity contribution is 7.61. The summed E-state index contributed by atoms with van der Waals surface area (Å²) < 4.78 is 61.9. The molecule has 1 aliphatic heterocycles. The normalized spacial score (nSPS) is 22.5. The van der Waals surface area contributed by atoms with Gasteiger partial charge in [-0.1, -0.05) is 27.7 Å². The monoisotopic (exact) mass is 805 g/mol. The molecule has 27 heteroatoms. The van der Waals surface area contributed by atoms with Gasteiger partial charge in [0.1, 0.15) is 42.0 Å². The number of Topliss-reactive ketones (excluding diaryl/α,β-unsaturated/α-hetero) is 1. The predicted octanol–water partition coefficient (Wildman–Crippen LogP) is -0.980. The van der Waals surface area contributed by atoms with Crippen molar-refractivity contribution in [2.75, 3.05) is 32.0 Å². The molecule has 2 amide bonds. The molecule has 0 radical (unpaired) electrons. The maximum atomic E-state index is 12.6. The average molecular weight is 806 g/mol. The van der Waals surface area contributed by atoms with Gasteiger partial charge in [0.2, 0.25) is 11.8 Å². The molecule has 0 saturated carbocycles. The van der Waals surface area contributed by atoms with Crippen molar-refractivity contribution in [3.8, 4) is 0 Å². The van der Waals surface area contributed by atoms with E-state index in [0.29, 0.717) is 0 Å². The first-order valence-corrected chi connectivity index (χ1v) is 19.9. The maximum absolute atomic E-state index is 12.6. The third kappa shape index (κ3) is 12.4. The molecule has 10 N–H and O–H groups in total. The van der Waals surface area contributed by atoms with Crippen molar-refractivity contribution < 1.29 is 80.5 Å². The van der Waals surface area contributed by atoms with Crippen molar-refractivity contribution in [3.63, 3.8) is 0 Å². The van der Waals surface area contributed by atoms with Crippen molar-refractivity contribution >= 4 is 58.0 Å². The maximum Gasteiger partial charge on any atom is 0.481 e. The van der Waals surface area contributed by atoms with Crippen LogP contribution < -0.4 is 16.4 Å². The number of phosphoric acid groups is 3. The Morgan fingerprint density at radius 2 is 1.65 bits per heavy atom. The van der Waals surface area contributed by atoms with Crippen LogP contribution in [-0.4, -0.2) is 118 Å². The largest absolute Gasteiger partial charge is 0.481 e. The van der Waals surface area contributed by atoms with Crippen LogP contribution in [0.3, 0.4) is 0 Å². The van der Waals surface area contributed by atoms with Crippen LogP contribution in [0.4, 0.5) is 5.82 Å². The summed E-state index contributed by atoms with van der Waals surface area (Å²) in [6.45, 7) is 3.85. The van der Waals surface area contributed by atoms with E-state index in [1.54, 1.807) is 13.8 Å². The Bertz CT molecular complexity index is 1740. The molecule has 1 fully saturated rings. The standard InChI is InChI=1S/C25H42N7O17P3/c1-13(2)14(33)5-7-27-16(34)6-8-28-23(37)20(36)25(3,4)10-46-52(43,44)49-51(41,42)45-9-15-19(48-50(38,39)40)18(35)24(47-15)32-12-31-17-21(26)29-11-30-22(17)32/h11-13,15,18-20,24,35-36H,5-10H2,1-4H3,(H,27,34)(H,28,37)(H,41,42)(H,43,44)(H2,26,29,30)(H2,38,39,40). The van der Waals surface area contributed by atoms with Crippen LogP contribution in [0.5, 0.6) is 0 Å². The van der Waals surface area contributed by atoms with Crippen LogP contribution >= 0.6 is 23.5 Å². The Kier molecular flexibility index (Phi) is 14.7. The van der Waals surface area contributed by atoms with Crippen molar-refractivity contribution in [2.24, 2.45) is 11.3 Å². The molecule has 0 spiro atoms. The van der Waals surface area contributed by atoms with Crippen molar-refractivity contribution in [3.05, 3.63) is 12.7 Å². The fourth-order valence-corrected chi connectivity index (χ4v) is 7.38. The zero-order valence-electron chi connectivity index (χ0n) is 28.2. The van der Waals surface area contributed by atoms with Crippen LogP contribution in [0.1, 0.15) is 46.8 Å². The summed E-state index contributed by atoms with van der Waals surface area (Å²) in [4.78, 5) is 86.8. The lowest BCUT2D eigenvalue weighted by Gasteiger charge is -2.30. The van der Waals surface area contributed by atoms with Crippen molar-refractivity contribution in [1.82, 2.24) is 30.2 Å². The lowest BCUT2D eigenvalue weighted by Crippen LogP contribution is -2.46. The Morgan fingerprint density at radius 3 is 2.29 bits per heavy atom. The first-order valence-electron chi connectivity index (χ1n) is 15.3. The summed E-state index contributed by atoms with van der Waals surface area (Å²) in [7, 11) is -16.4. The highest BCUT2D eigenvalue weighted by Crippen LogP contribution is 2.61. The number of nitrogen functional groups attached to an aromatic ring is 1. The minimum absolute atomic E-state index is 0.0306. The molecule has 2 aromatic rings. The number of amides is 2. The highest BCUT2D eigenvalue weighted by atomic mass is 31.3. The van der Waals surface area contributed by atoms with Gasteiger partial charge in [-0.05, 0) is 0 Å². The van der Waals surface area contributed by atoms with Gasteiger partial charge >= 0.3 is 23.5 Å². The minimum atomic E-state index is -5.56. The molecule has 7 atom stereocenters. The number of carbonyl (C=O) groups is 3. The molecule has 2 aromatic heterocycles. The predicted molar refractivity (Wildman–Crippen MR) is 174 cm³/mol. The summed E-state index contributed by atoms with van der Waals surface area (Å²) in [5, 5.41) is 26.2. The number of aromatic nitrogens is 4. The SMILES string of the molecule is CC(C)C(=O)CCNC(=O)CCNC(=O)C(O)C(C)(C)COP(=O)(O)OP(=O)(O)OCC1OC(n2cnc3c(N)ncnc32)C(O)C1OP(=O)(O)O. The lowest BCUT2D eigenvalue weighted by molar-refractivity contribution is -0.137. The van der Waals surface area contributed by atoms with Gasteiger partial charge < -0.3 is 50.9 Å². The Balaban J connectivity index is 1.55. The van der Waals surface area contributed by atoms with Gasteiger partial charge in [-0.25, -0.2) is 28.6 Å². The van der Waals surface area contributed by atoms with E-state index in [4.69, 9.17) is 19.5 Å². The molecular formula is C25H42N7O17P3. The topological polar surface area (TPSA) is 364 Å². The highest BCUT2D eigenvalue weighted by Gasteiger charge is 2.50. The van der Waals surface area contributed by atoms with Crippen molar-refractivity contribution in [1.29, 1.82) is 0 Å². The van der Waals surface area contributed by atoms with E-state index in [0.717, 1.165) is 17.2 Å². The second-order valence-electron chi connectivity index (χ2n) is 12.4. The number of nitrogens with two attached hydrogens (primary N) is 1. The van der Waals surface area contributed by atoms with E-state index >= 15 is 0 Å².